The molecule has 9 nitrogen and oxygen atoms in total. The van der Waals surface area contributed by atoms with Crippen LogP contribution in [0.5, 0.6) is 0 Å². The van der Waals surface area contributed by atoms with Crippen molar-refractivity contribution in [2.45, 2.75) is 26.4 Å². The number of rotatable bonds is 5. The molecule has 0 saturated carbocycles. The predicted molar refractivity (Wildman–Crippen MR) is 99.9 cm³/mol. The van der Waals surface area contributed by atoms with Crippen molar-refractivity contribution >= 4 is 23.6 Å². The molecule has 0 saturated heterocycles. The molecule has 1 aliphatic heterocycles. The lowest BCUT2D eigenvalue weighted by Gasteiger charge is -2.27. The summed E-state index contributed by atoms with van der Waals surface area (Å²) < 4.78 is 14.9. The van der Waals surface area contributed by atoms with Gasteiger partial charge in [-0.1, -0.05) is 0 Å². The molecule has 3 aromatic rings. The van der Waals surface area contributed by atoms with Gasteiger partial charge in [-0.2, -0.15) is 13.8 Å². The van der Waals surface area contributed by atoms with Crippen molar-refractivity contribution < 1.29 is 14.3 Å². The van der Waals surface area contributed by atoms with Crippen LogP contribution in [0.25, 0.3) is 0 Å². The molecular weight excluding hydrogens is 380 g/mol. The van der Waals surface area contributed by atoms with E-state index in [-0.39, 0.29) is 24.8 Å². The zero-order chi connectivity index (χ0) is 19.5. The standard InChI is InChI=1S/C18H18N6O3S/c1-2-27-18(26)16-13-11-23(17(25)14-9-20-28-22-14)8-5-15(13)24(21-16)10-12-3-6-19-7-4-12/h3-4,6-7,9H,2,5,8,10-11H2,1H3. The van der Waals surface area contributed by atoms with Gasteiger partial charge in [-0.05, 0) is 24.6 Å². The van der Waals surface area contributed by atoms with Gasteiger partial charge in [-0.25, -0.2) is 4.79 Å². The Morgan fingerprint density at radius 3 is 2.82 bits per heavy atom. The quantitative estimate of drug-likeness (QED) is 0.601. The van der Waals surface area contributed by atoms with Crippen LogP contribution < -0.4 is 0 Å². The molecule has 0 bridgehead atoms. The average Bonchev–Trinajstić information content (AvgIpc) is 3.37. The van der Waals surface area contributed by atoms with Crippen molar-refractivity contribution in [3.63, 3.8) is 0 Å². The highest BCUT2D eigenvalue weighted by Crippen LogP contribution is 2.25. The van der Waals surface area contributed by atoms with Gasteiger partial charge < -0.3 is 9.64 Å². The molecule has 144 valence electrons. The maximum absolute atomic E-state index is 12.7. The number of ether oxygens (including phenoxy) is 1. The van der Waals surface area contributed by atoms with E-state index in [0.717, 1.165) is 28.5 Å². The number of carbonyl (C=O) groups excluding carboxylic acids is 2. The van der Waals surface area contributed by atoms with Crippen LogP contribution >= 0.6 is 11.7 Å². The van der Waals surface area contributed by atoms with Crippen LogP contribution in [0.2, 0.25) is 0 Å². The monoisotopic (exact) mass is 398 g/mol. The Kier molecular flexibility index (Phi) is 5.11. The third kappa shape index (κ3) is 3.50. The van der Waals surface area contributed by atoms with E-state index >= 15 is 0 Å². The van der Waals surface area contributed by atoms with E-state index in [1.165, 1.54) is 6.20 Å². The summed E-state index contributed by atoms with van der Waals surface area (Å²) in [5.74, 6) is -0.673. The maximum Gasteiger partial charge on any atom is 0.359 e. The topological polar surface area (TPSA) is 103 Å². The predicted octanol–water partition coefficient (Wildman–Crippen LogP) is 1.55. The number of pyridine rings is 1. The first kappa shape index (κ1) is 18.2. The summed E-state index contributed by atoms with van der Waals surface area (Å²) in [5.41, 5.74) is 3.29. The summed E-state index contributed by atoms with van der Waals surface area (Å²) in [5, 5.41) is 4.52. The van der Waals surface area contributed by atoms with Crippen LogP contribution in [0.4, 0.5) is 0 Å². The Bertz CT molecular complexity index is 986. The molecule has 0 radical (unpaired) electrons. The number of amides is 1. The smallest absolute Gasteiger partial charge is 0.359 e. The highest BCUT2D eigenvalue weighted by Gasteiger charge is 2.31. The fraction of sp³-hybridized carbons (Fsp3) is 0.333. The minimum absolute atomic E-state index is 0.198. The molecule has 0 N–H and O–H groups in total. The number of esters is 1. The number of carbonyl (C=O) groups is 2. The molecular formula is C18H18N6O3S. The molecule has 10 heteroatoms. The van der Waals surface area contributed by atoms with Crippen molar-refractivity contribution in [3.8, 4) is 0 Å². The second kappa shape index (κ2) is 7.85. The summed E-state index contributed by atoms with van der Waals surface area (Å²) in [6.45, 7) is 3.35. The van der Waals surface area contributed by atoms with Gasteiger partial charge in [0.2, 0.25) is 0 Å². The molecule has 0 aliphatic carbocycles. The molecule has 4 rings (SSSR count). The van der Waals surface area contributed by atoms with Gasteiger partial charge in [-0.15, -0.1) is 0 Å². The molecule has 0 spiro atoms. The van der Waals surface area contributed by atoms with Crippen molar-refractivity contribution in [2.75, 3.05) is 13.2 Å². The first-order valence-corrected chi connectivity index (χ1v) is 9.61. The maximum atomic E-state index is 12.7. The lowest BCUT2D eigenvalue weighted by atomic mass is 10.0. The third-order valence-electron chi connectivity index (χ3n) is 4.55. The molecule has 3 aromatic heterocycles. The lowest BCUT2D eigenvalue weighted by Crippen LogP contribution is -2.37. The van der Waals surface area contributed by atoms with Gasteiger partial charge in [0, 0.05) is 36.6 Å². The van der Waals surface area contributed by atoms with Crippen LogP contribution in [0, 0.1) is 0 Å². The fourth-order valence-corrected chi connectivity index (χ4v) is 3.65. The molecule has 0 fully saturated rings. The first-order valence-electron chi connectivity index (χ1n) is 8.88. The number of aromatic nitrogens is 5. The minimum atomic E-state index is -0.475. The summed E-state index contributed by atoms with van der Waals surface area (Å²) in [6.07, 6.45) is 5.50. The summed E-state index contributed by atoms with van der Waals surface area (Å²) in [6, 6.07) is 3.82. The minimum Gasteiger partial charge on any atom is -0.461 e. The normalized spacial score (nSPS) is 13.2. The fourth-order valence-electron chi connectivity index (χ4n) is 3.24. The van der Waals surface area contributed by atoms with E-state index in [9.17, 15) is 9.59 Å². The second-order valence-electron chi connectivity index (χ2n) is 6.28. The Morgan fingerprint density at radius 2 is 2.11 bits per heavy atom. The molecule has 0 unspecified atom stereocenters. The Labute approximate surface area is 165 Å². The summed E-state index contributed by atoms with van der Waals surface area (Å²) >= 11 is 0.994. The zero-order valence-electron chi connectivity index (χ0n) is 15.2. The Hall–Kier alpha value is -3.14. The molecule has 28 heavy (non-hydrogen) atoms. The molecule has 0 atom stereocenters. The van der Waals surface area contributed by atoms with Crippen LogP contribution in [0.1, 0.15) is 44.7 Å². The van der Waals surface area contributed by atoms with E-state index in [1.807, 2.05) is 16.8 Å². The number of nitrogens with zero attached hydrogens (tertiary/aromatic N) is 6. The van der Waals surface area contributed by atoms with Crippen LogP contribution in [0.3, 0.4) is 0 Å². The van der Waals surface area contributed by atoms with Crippen molar-refractivity contribution in [2.24, 2.45) is 0 Å². The largest absolute Gasteiger partial charge is 0.461 e. The molecule has 0 aromatic carbocycles. The first-order chi connectivity index (χ1) is 13.7. The Balaban J connectivity index is 1.66. The van der Waals surface area contributed by atoms with Crippen LogP contribution in [0.15, 0.2) is 30.7 Å². The van der Waals surface area contributed by atoms with Crippen molar-refractivity contribution in [1.82, 2.24) is 28.4 Å². The highest BCUT2D eigenvalue weighted by molar-refractivity contribution is 6.99. The summed E-state index contributed by atoms with van der Waals surface area (Å²) in [7, 11) is 0. The number of hydrogen-bond donors (Lipinski definition) is 0. The zero-order valence-corrected chi connectivity index (χ0v) is 16.1. The average molecular weight is 398 g/mol. The van der Waals surface area contributed by atoms with Gasteiger partial charge in [0.05, 0.1) is 37.6 Å². The van der Waals surface area contributed by atoms with Gasteiger partial charge in [-0.3, -0.25) is 14.5 Å². The molecule has 4 heterocycles. The van der Waals surface area contributed by atoms with Crippen LogP contribution in [-0.4, -0.2) is 53.4 Å². The third-order valence-corrected chi connectivity index (χ3v) is 5.03. The molecule has 1 aliphatic rings. The Morgan fingerprint density at radius 1 is 1.29 bits per heavy atom. The van der Waals surface area contributed by atoms with Gasteiger partial charge in [0.15, 0.2) is 11.4 Å². The van der Waals surface area contributed by atoms with Gasteiger partial charge in [0.25, 0.3) is 5.91 Å². The number of fused-ring (bicyclic) bond motifs is 1. The van der Waals surface area contributed by atoms with Crippen LogP contribution in [-0.2, 0) is 24.2 Å². The SMILES string of the molecule is CCOC(=O)c1nn(Cc2ccncc2)c2c1CN(C(=O)c1cnsn1)CC2. The highest BCUT2D eigenvalue weighted by atomic mass is 32.1. The number of hydrogen-bond acceptors (Lipinski definition) is 8. The van der Waals surface area contributed by atoms with Gasteiger partial charge >= 0.3 is 5.97 Å². The lowest BCUT2D eigenvalue weighted by molar-refractivity contribution is 0.0513. The second-order valence-corrected chi connectivity index (χ2v) is 6.83. The molecule has 1 amide bonds. The van der Waals surface area contributed by atoms with Crippen molar-refractivity contribution in [3.05, 3.63) is 58.9 Å². The van der Waals surface area contributed by atoms with E-state index in [2.05, 4.69) is 18.8 Å². The van der Waals surface area contributed by atoms with Crippen molar-refractivity contribution in [1.29, 1.82) is 0 Å². The van der Waals surface area contributed by atoms with E-state index in [1.54, 1.807) is 24.2 Å². The van der Waals surface area contributed by atoms with E-state index in [0.29, 0.717) is 25.2 Å². The van der Waals surface area contributed by atoms with E-state index in [4.69, 9.17) is 4.74 Å². The van der Waals surface area contributed by atoms with Gasteiger partial charge in [0.1, 0.15) is 0 Å². The summed E-state index contributed by atoms with van der Waals surface area (Å²) in [4.78, 5) is 30.8. The van der Waals surface area contributed by atoms with E-state index < -0.39 is 5.97 Å².